The molecule has 1 aliphatic rings. The minimum absolute atomic E-state index is 0.0916. The fourth-order valence-corrected chi connectivity index (χ4v) is 2.59. The van der Waals surface area contributed by atoms with Crippen LogP contribution in [0.2, 0.25) is 0 Å². The van der Waals surface area contributed by atoms with Crippen LogP contribution < -0.4 is 0 Å². The number of piperazine rings is 1. The zero-order valence-electron chi connectivity index (χ0n) is 11.3. The summed E-state index contributed by atoms with van der Waals surface area (Å²) in [7, 11) is 0. The lowest BCUT2D eigenvalue weighted by molar-refractivity contribution is 0.0471. The zero-order chi connectivity index (χ0) is 13.9. The Morgan fingerprint density at radius 3 is 3.10 bits per heavy atom. The summed E-state index contributed by atoms with van der Waals surface area (Å²) >= 11 is 0. The number of H-pyrrole nitrogens is 1. The first kappa shape index (κ1) is 12.9. The van der Waals surface area contributed by atoms with Crippen molar-refractivity contribution in [1.82, 2.24) is 24.9 Å². The third-order valence-corrected chi connectivity index (χ3v) is 3.68. The first-order valence-corrected chi connectivity index (χ1v) is 6.72. The van der Waals surface area contributed by atoms with Crippen molar-refractivity contribution in [2.45, 2.75) is 13.0 Å². The molecule has 1 fully saturated rings. The van der Waals surface area contributed by atoms with Gasteiger partial charge in [-0.15, -0.1) is 0 Å². The van der Waals surface area contributed by atoms with Gasteiger partial charge in [-0.1, -0.05) is 12.1 Å². The number of nitrogens with zero attached hydrogens (tertiary/aromatic N) is 4. The van der Waals surface area contributed by atoms with Gasteiger partial charge in [0.25, 0.3) is 5.91 Å². The average Bonchev–Trinajstić information content (AvgIpc) is 3.18. The largest absolute Gasteiger partial charge is 0.364 e. The molecule has 0 bridgehead atoms. The van der Waals surface area contributed by atoms with Crippen LogP contribution in [0.1, 0.15) is 29.3 Å². The molecule has 1 atom stereocenters. The molecule has 0 radical (unpaired) electrons. The highest BCUT2D eigenvalue weighted by atomic mass is 16.5. The van der Waals surface area contributed by atoms with Crippen LogP contribution in [0.3, 0.4) is 0 Å². The molecule has 1 N–H and O–H groups in total. The van der Waals surface area contributed by atoms with E-state index >= 15 is 0 Å². The number of aromatic amines is 1. The van der Waals surface area contributed by atoms with Crippen LogP contribution in [0.25, 0.3) is 0 Å². The monoisotopic (exact) mass is 275 g/mol. The zero-order valence-corrected chi connectivity index (χ0v) is 11.3. The second-order valence-corrected chi connectivity index (χ2v) is 4.75. The number of amides is 1. The molecule has 106 valence electrons. The number of rotatable bonds is 3. The summed E-state index contributed by atoms with van der Waals surface area (Å²) in [5, 5.41) is 3.72. The lowest BCUT2D eigenvalue weighted by Crippen LogP contribution is -2.50. The smallest absolute Gasteiger partial charge is 0.276 e. The molecule has 1 unspecified atom stereocenters. The summed E-state index contributed by atoms with van der Waals surface area (Å²) in [4.78, 5) is 23.9. The van der Waals surface area contributed by atoms with E-state index in [1.54, 1.807) is 17.2 Å². The van der Waals surface area contributed by atoms with Crippen molar-refractivity contribution in [1.29, 1.82) is 0 Å². The number of hydrogen-bond donors (Lipinski definition) is 1. The maximum Gasteiger partial charge on any atom is 0.276 e. The van der Waals surface area contributed by atoms with Crippen molar-refractivity contribution in [3.63, 3.8) is 0 Å². The number of likely N-dealkylation sites (N-methyl/N-ethyl adjacent to an activating group) is 1. The van der Waals surface area contributed by atoms with Crippen molar-refractivity contribution in [3.05, 3.63) is 36.2 Å². The second kappa shape index (κ2) is 5.46. The Bertz CT molecular complexity index is 551. The maximum atomic E-state index is 12.3. The Hall–Kier alpha value is -2.15. The topological polar surface area (TPSA) is 78.3 Å². The highest BCUT2D eigenvalue weighted by molar-refractivity contribution is 5.92. The van der Waals surface area contributed by atoms with Crippen LogP contribution in [0.5, 0.6) is 0 Å². The summed E-state index contributed by atoms with van der Waals surface area (Å²) in [5.74, 6) is 0.801. The van der Waals surface area contributed by atoms with Crippen LogP contribution in [-0.2, 0) is 0 Å². The van der Waals surface area contributed by atoms with Crippen LogP contribution in [-0.4, -0.2) is 57.0 Å². The number of carbonyl (C=O) groups is 1. The van der Waals surface area contributed by atoms with E-state index < -0.39 is 0 Å². The number of nitrogens with one attached hydrogen (secondary N) is 1. The molecular formula is C13H17N5O2. The van der Waals surface area contributed by atoms with Crippen LogP contribution in [0, 0.1) is 0 Å². The molecule has 2 aromatic rings. The SMILES string of the molecule is CCN1CCN(C(=O)c2ccon2)CC1c1ncc[nH]1. The van der Waals surface area contributed by atoms with E-state index in [-0.39, 0.29) is 11.9 Å². The molecule has 1 saturated heterocycles. The van der Waals surface area contributed by atoms with Gasteiger partial charge in [-0.2, -0.15) is 0 Å². The summed E-state index contributed by atoms with van der Waals surface area (Å²) in [6.07, 6.45) is 4.96. The first-order chi connectivity index (χ1) is 9.79. The molecule has 20 heavy (non-hydrogen) atoms. The minimum atomic E-state index is -0.0916. The Morgan fingerprint density at radius 1 is 1.55 bits per heavy atom. The van der Waals surface area contributed by atoms with Gasteiger partial charge in [0.1, 0.15) is 12.1 Å². The van der Waals surface area contributed by atoms with Crippen molar-refractivity contribution in [2.24, 2.45) is 0 Å². The van der Waals surface area contributed by atoms with Gasteiger partial charge in [-0.3, -0.25) is 9.69 Å². The molecule has 2 aromatic heterocycles. The summed E-state index contributed by atoms with van der Waals surface area (Å²) < 4.78 is 4.74. The molecule has 0 aromatic carbocycles. The van der Waals surface area contributed by atoms with Crippen molar-refractivity contribution in [2.75, 3.05) is 26.2 Å². The quantitative estimate of drug-likeness (QED) is 0.901. The average molecular weight is 275 g/mol. The molecule has 7 nitrogen and oxygen atoms in total. The van der Waals surface area contributed by atoms with Crippen LogP contribution >= 0.6 is 0 Å². The van der Waals surface area contributed by atoms with E-state index in [1.165, 1.54) is 6.26 Å². The molecule has 0 aliphatic carbocycles. The molecular weight excluding hydrogens is 258 g/mol. The van der Waals surface area contributed by atoms with E-state index in [2.05, 4.69) is 26.9 Å². The Balaban J connectivity index is 1.78. The summed E-state index contributed by atoms with van der Waals surface area (Å²) in [5.41, 5.74) is 0.355. The van der Waals surface area contributed by atoms with E-state index in [0.29, 0.717) is 18.8 Å². The Labute approximate surface area is 116 Å². The number of hydrogen-bond acceptors (Lipinski definition) is 5. The highest BCUT2D eigenvalue weighted by Gasteiger charge is 2.32. The predicted molar refractivity (Wildman–Crippen MR) is 71.0 cm³/mol. The normalized spacial score (nSPS) is 20.2. The Morgan fingerprint density at radius 2 is 2.45 bits per heavy atom. The molecule has 0 spiro atoms. The maximum absolute atomic E-state index is 12.3. The number of aromatic nitrogens is 3. The lowest BCUT2D eigenvalue weighted by Gasteiger charge is -2.39. The van der Waals surface area contributed by atoms with Crippen LogP contribution in [0.4, 0.5) is 0 Å². The van der Waals surface area contributed by atoms with Crippen LogP contribution in [0.15, 0.2) is 29.2 Å². The molecule has 1 aliphatic heterocycles. The third-order valence-electron chi connectivity index (χ3n) is 3.68. The Kier molecular flexibility index (Phi) is 3.51. The van der Waals surface area contributed by atoms with Crippen molar-refractivity contribution >= 4 is 5.91 Å². The second-order valence-electron chi connectivity index (χ2n) is 4.75. The van der Waals surface area contributed by atoms with E-state index in [1.807, 2.05) is 6.20 Å². The number of carbonyl (C=O) groups excluding carboxylic acids is 1. The first-order valence-electron chi connectivity index (χ1n) is 6.72. The fourth-order valence-electron chi connectivity index (χ4n) is 2.59. The van der Waals surface area contributed by atoms with Gasteiger partial charge in [-0.05, 0) is 6.54 Å². The minimum Gasteiger partial charge on any atom is -0.364 e. The molecule has 0 saturated carbocycles. The lowest BCUT2D eigenvalue weighted by atomic mass is 10.1. The third kappa shape index (κ3) is 2.32. The standard InChI is InChI=1S/C13H17N5O2/c1-2-17-6-7-18(13(19)10-3-8-20-16-10)9-11(17)12-14-4-5-15-12/h3-5,8,11H,2,6-7,9H2,1H3,(H,14,15). The van der Waals surface area contributed by atoms with Crippen molar-refractivity contribution < 1.29 is 9.32 Å². The predicted octanol–water partition coefficient (Wildman–Crippen LogP) is 0.917. The summed E-state index contributed by atoms with van der Waals surface area (Å²) in [6, 6.07) is 1.69. The van der Waals surface area contributed by atoms with Crippen molar-refractivity contribution in [3.8, 4) is 0 Å². The van der Waals surface area contributed by atoms with Gasteiger partial charge in [0.2, 0.25) is 0 Å². The van der Waals surface area contributed by atoms with Gasteiger partial charge in [0.05, 0.1) is 6.04 Å². The van der Waals surface area contributed by atoms with Gasteiger partial charge < -0.3 is 14.4 Å². The fraction of sp³-hybridized carbons (Fsp3) is 0.462. The molecule has 3 heterocycles. The summed E-state index contributed by atoms with van der Waals surface area (Å²) in [6.45, 7) is 5.16. The van der Waals surface area contributed by atoms with E-state index in [4.69, 9.17) is 4.52 Å². The van der Waals surface area contributed by atoms with Gasteiger partial charge >= 0.3 is 0 Å². The van der Waals surface area contributed by atoms with Gasteiger partial charge in [-0.25, -0.2) is 4.98 Å². The highest BCUT2D eigenvalue weighted by Crippen LogP contribution is 2.23. The molecule has 1 amide bonds. The van der Waals surface area contributed by atoms with E-state index in [0.717, 1.165) is 18.9 Å². The van der Waals surface area contributed by atoms with E-state index in [9.17, 15) is 4.79 Å². The molecule has 3 rings (SSSR count). The van der Waals surface area contributed by atoms with Gasteiger partial charge in [0.15, 0.2) is 5.69 Å². The number of imidazole rings is 1. The van der Waals surface area contributed by atoms with Gasteiger partial charge in [0, 0.05) is 38.1 Å². The molecule has 7 heteroatoms.